The van der Waals surface area contributed by atoms with Crippen LogP contribution in [0.5, 0.6) is 0 Å². The Morgan fingerprint density at radius 1 is 1.60 bits per heavy atom. The summed E-state index contributed by atoms with van der Waals surface area (Å²) in [5.41, 5.74) is 0. The molecular formula is C6H10ClN3. The number of rotatable bonds is 1. The molecule has 0 spiro atoms. The lowest BCUT2D eigenvalue weighted by Gasteiger charge is -2.07. The molecule has 10 heavy (non-hydrogen) atoms. The van der Waals surface area contributed by atoms with E-state index >= 15 is 0 Å². The third-order valence-electron chi connectivity index (χ3n) is 1.27. The minimum absolute atomic E-state index is 0.671. The Labute approximate surface area is 65.2 Å². The summed E-state index contributed by atoms with van der Waals surface area (Å²) in [4.78, 5) is 5.95. The second-order valence-corrected chi connectivity index (χ2v) is 2.72. The number of anilines is 1. The second-order valence-electron chi connectivity index (χ2n) is 2.36. The molecule has 56 valence electrons. The van der Waals surface area contributed by atoms with Crippen molar-refractivity contribution in [3.63, 3.8) is 0 Å². The maximum Gasteiger partial charge on any atom is 0.165 e. The maximum atomic E-state index is 5.86. The summed E-state index contributed by atoms with van der Waals surface area (Å²) in [5.74, 6) is 0.809. The maximum absolute atomic E-state index is 5.86. The summed E-state index contributed by atoms with van der Waals surface area (Å²) < 4.78 is 1.77. The Kier molecular flexibility index (Phi) is 1.85. The van der Waals surface area contributed by atoms with E-state index in [-0.39, 0.29) is 0 Å². The van der Waals surface area contributed by atoms with Crippen molar-refractivity contribution in [2.75, 3.05) is 19.0 Å². The Hall–Kier alpha value is -0.700. The monoisotopic (exact) mass is 159 g/mol. The van der Waals surface area contributed by atoms with E-state index in [1.807, 2.05) is 26.0 Å². The van der Waals surface area contributed by atoms with Crippen LogP contribution in [0, 0.1) is 0 Å². The summed E-state index contributed by atoms with van der Waals surface area (Å²) in [5, 5.41) is 0.671. The number of hydrogen-bond acceptors (Lipinski definition) is 2. The van der Waals surface area contributed by atoms with Gasteiger partial charge in [0.2, 0.25) is 0 Å². The highest BCUT2D eigenvalue weighted by Gasteiger charge is 2.06. The molecule has 0 radical (unpaired) electrons. The van der Waals surface area contributed by atoms with E-state index in [1.165, 1.54) is 0 Å². The first kappa shape index (κ1) is 7.41. The number of imidazole rings is 1. The van der Waals surface area contributed by atoms with Crippen LogP contribution >= 0.6 is 11.6 Å². The molecule has 1 aromatic rings. The van der Waals surface area contributed by atoms with Crippen LogP contribution in [0.25, 0.3) is 0 Å². The van der Waals surface area contributed by atoms with E-state index in [9.17, 15) is 0 Å². The van der Waals surface area contributed by atoms with Gasteiger partial charge in [0.1, 0.15) is 0 Å². The average Bonchev–Trinajstić information content (AvgIpc) is 2.14. The molecule has 0 atom stereocenters. The van der Waals surface area contributed by atoms with Crippen LogP contribution in [-0.2, 0) is 7.05 Å². The smallest absolute Gasteiger partial charge is 0.165 e. The minimum atomic E-state index is 0.671. The zero-order valence-corrected chi connectivity index (χ0v) is 7.05. The summed E-state index contributed by atoms with van der Waals surface area (Å²) >= 11 is 5.86. The van der Waals surface area contributed by atoms with Gasteiger partial charge in [0.25, 0.3) is 0 Å². The number of halogens is 1. The van der Waals surface area contributed by atoms with Gasteiger partial charge < -0.3 is 9.47 Å². The zero-order chi connectivity index (χ0) is 7.72. The predicted molar refractivity (Wildman–Crippen MR) is 42.5 cm³/mol. The Morgan fingerprint density at radius 2 is 2.20 bits per heavy atom. The molecule has 0 aromatic carbocycles. The number of aryl methyl sites for hydroxylation is 1. The van der Waals surface area contributed by atoms with Crippen molar-refractivity contribution in [3.05, 3.63) is 11.5 Å². The van der Waals surface area contributed by atoms with E-state index < -0.39 is 0 Å². The van der Waals surface area contributed by atoms with E-state index in [4.69, 9.17) is 11.6 Å². The summed E-state index contributed by atoms with van der Waals surface area (Å²) in [6, 6.07) is 0. The first-order chi connectivity index (χ1) is 4.63. The van der Waals surface area contributed by atoms with Gasteiger partial charge in [-0.15, -0.1) is 0 Å². The molecule has 0 saturated heterocycles. The SMILES string of the molecule is CN(C)c1ncn(C)c1Cl. The van der Waals surface area contributed by atoms with Gasteiger partial charge in [-0.3, -0.25) is 0 Å². The fourth-order valence-electron chi connectivity index (χ4n) is 0.703. The van der Waals surface area contributed by atoms with Gasteiger partial charge in [-0.2, -0.15) is 0 Å². The van der Waals surface area contributed by atoms with Crippen LogP contribution in [0.4, 0.5) is 5.82 Å². The van der Waals surface area contributed by atoms with Crippen LogP contribution in [0.2, 0.25) is 5.15 Å². The molecule has 0 aliphatic carbocycles. The van der Waals surface area contributed by atoms with Gasteiger partial charge in [-0.25, -0.2) is 4.98 Å². The van der Waals surface area contributed by atoms with Crippen molar-refractivity contribution in [1.29, 1.82) is 0 Å². The van der Waals surface area contributed by atoms with Crippen molar-refractivity contribution < 1.29 is 0 Å². The molecule has 1 aromatic heterocycles. The van der Waals surface area contributed by atoms with Gasteiger partial charge >= 0.3 is 0 Å². The first-order valence-corrected chi connectivity index (χ1v) is 3.35. The Balaban J connectivity index is 3.05. The second kappa shape index (κ2) is 2.50. The van der Waals surface area contributed by atoms with Crippen LogP contribution in [0.15, 0.2) is 6.33 Å². The molecule has 0 saturated carbocycles. The predicted octanol–water partition coefficient (Wildman–Crippen LogP) is 1.14. The number of hydrogen-bond donors (Lipinski definition) is 0. The Morgan fingerprint density at radius 3 is 2.40 bits per heavy atom. The van der Waals surface area contributed by atoms with Crippen molar-refractivity contribution in [2.24, 2.45) is 7.05 Å². The van der Waals surface area contributed by atoms with Crippen LogP contribution in [0.3, 0.4) is 0 Å². The highest BCUT2D eigenvalue weighted by atomic mass is 35.5. The molecule has 3 nitrogen and oxygen atoms in total. The van der Waals surface area contributed by atoms with Gasteiger partial charge in [0.05, 0.1) is 6.33 Å². The molecule has 1 heterocycles. The lowest BCUT2D eigenvalue weighted by atomic mass is 10.7. The van der Waals surface area contributed by atoms with Crippen LogP contribution in [0.1, 0.15) is 0 Å². The molecule has 0 aliphatic heterocycles. The topological polar surface area (TPSA) is 21.1 Å². The van der Waals surface area contributed by atoms with Crippen molar-refractivity contribution in [2.45, 2.75) is 0 Å². The van der Waals surface area contributed by atoms with Crippen molar-refractivity contribution in [1.82, 2.24) is 9.55 Å². The number of nitrogens with zero attached hydrogens (tertiary/aromatic N) is 3. The van der Waals surface area contributed by atoms with Gasteiger partial charge in [0.15, 0.2) is 11.0 Å². The van der Waals surface area contributed by atoms with Crippen molar-refractivity contribution >= 4 is 17.4 Å². The fraction of sp³-hybridized carbons (Fsp3) is 0.500. The largest absolute Gasteiger partial charge is 0.360 e. The lowest BCUT2D eigenvalue weighted by molar-refractivity contribution is 0.914. The standard InChI is InChI=1S/C6H10ClN3/c1-9(2)6-5(7)10(3)4-8-6/h4H,1-3H3. The van der Waals surface area contributed by atoms with E-state index in [2.05, 4.69) is 4.98 Å². The highest BCUT2D eigenvalue weighted by molar-refractivity contribution is 6.31. The molecule has 0 aliphatic rings. The minimum Gasteiger partial charge on any atom is -0.360 e. The average molecular weight is 160 g/mol. The van der Waals surface area contributed by atoms with Gasteiger partial charge in [0, 0.05) is 21.1 Å². The first-order valence-electron chi connectivity index (χ1n) is 2.97. The van der Waals surface area contributed by atoms with Crippen molar-refractivity contribution in [3.8, 4) is 0 Å². The third-order valence-corrected chi connectivity index (χ3v) is 1.71. The molecule has 0 unspecified atom stereocenters. The molecule has 0 amide bonds. The van der Waals surface area contributed by atoms with Crippen LogP contribution in [-0.4, -0.2) is 23.6 Å². The zero-order valence-electron chi connectivity index (χ0n) is 6.30. The molecule has 4 heteroatoms. The van der Waals surface area contributed by atoms with E-state index in [0.717, 1.165) is 5.82 Å². The molecule has 0 bridgehead atoms. The fourth-order valence-corrected chi connectivity index (χ4v) is 0.964. The summed E-state index contributed by atoms with van der Waals surface area (Å²) in [6.07, 6.45) is 1.69. The lowest BCUT2D eigenvalue weighted by Crippen LogP contribution is -2.09. The summed E-state index contributed by atoms with van der Waals surface area (Å²) in [6.45, 7) is 0. The highest BCUT2D eigenvalue weighted by Crippen LogP contribution is 2.20. The molecule has 1 rings (SSSR count). The normalized spacial score (nSPS) is 10.0. The van der Waals surface area contributed by atoms with Gasteiger partial charge in [-0.1, -0.05) is 11.6 Å². The quantitative estimate of drug-likeness (QED) is 0.613. The molecule has 0 N–H and O–H groups in total. The number of aromatic nitrogens is 2. The third kappa shape index (κ3) is 1.09. The van der Waals surface area contributed by atoms with Crippen LogP contribution < -0.4 is 4.90 Å². The van der Waals surface area contributed by atoms with Gasteiger partial charge in [-0.05, 0) is 0 Å². The van der Waals surface area contributed by atoms with E-state index in [0.29, 0.717) is 5.15 Å². The van der Waals surface area contributed by atoms with E-state index in [1.54, 1.807) is 10.9 Å². The summed E-state index contributed by atoms with van der Waals surface area (Å²) in [7, 11) is 5.69. The molecular weight excluding hydrogens is 150 g/mol. The Bertz CT molecular complexity index is 229. The molecule has 0 fully saturated rings.